The Morgan fingerprint density at radius 2 is 1.43 bits per heavy atom. The standard InChI is InChI=1S/C31H32N2O4/c1-5-21(6-2)32-25-15-16-26(28-27(25)29(34)23-9-7-8-10-24(23)30(28)35)33-22-13-11-20(12-14-22)17-18-37-31(36)19(3)4/h7-16,21,32-33H,3,5-6,17-18H2,1-2,4H3. The molecule has 0 heterocycles. The van der Waals surface area contributed by atoms with Crippen LogP contribution in [-0.4, -0.2) is 30.2 Å². The minimum absolute atomic E-state index is 0.151. The molecule has 4 rings (SSSR count). The number of hydrogen-bond donors (Lipinski definition) is 2. The van der Waals surface area contributed by atoms with Gasteiger partial charge in [-0.25, -0.2) is 4.79 Å². The monoisotopic (exact) mass is 496 g/mol. The smallest absolute Gasteiger partial charge is 0.333 e. The summed E-state index contributed by atoms with van der Waals surface area (Å²) in [7, 11) is 0. The second kappa shape index (κ2) is 11.2. The minimum atomic E-state index is -0.397. The van der Waals surface area contributed by atoms with Crippen molar-refractivity contribution in [1.29, 1.82) is 0 Å². The Labute approximate surface area is 217 Å². The lowest BCUT2D eigenvalue weighted by atomic mass is 9.82. The third-order valence-corrected chi connectivity index (χ3v) is 6.63. The molecule has 3 aromatic rings. The number of ketones is 2. The van der Waals surface area contributed by atoms with Crippen LogP contribution in [0.3, 0.4) is 0 Å². The molecule has 3 aromatic carbocycles. The third-order valence-electron chi connectivity index (χ3n) is 6.63. The van der Waals surface area contributed by atoms with Gasteiger partial charge < -0.3 is 15.4 Å². The van der Waals surface area contributed by atoms with E-state index in [1.807, 2.05) is 36.4 Å². The number of rotatable bonds is 10. The van der Waals surface area contributed by atoms with Crippen LogP contribution in [0.5, 0.6) is 0 Å². The van der Waals surface area contributed by atoms with E-state index < -0.39 is 5.97 Å². The number of carbonyl (C=O) groups excluding carboxylic acids is 3. The maximum atomic E-state index is 13.6. The van der Waals surface area contributed by atoms with Gasteiger partial charge in [0.05, 0.1) is 23.4 Å². The molecule has 0 fully saturated rings. The van der Waals surface area contributed by atoms with Crippen molar-refractivity contribution >= 4 is 34.6 Å². The molecule has 1 aliphatic carbocycles. The van der Waals surface area contributed by atoms with E-state index >= 15 is 0 Å². The summed E-state index contributed by atoms with van der Waals surface area (Å²) in [5, 5.41) is 6.82. The van der Waals surface area contributed by atoms with Gasteiger partial charge in [0.1, 0.15) is 0 Å². The van der Waals surface area contributed by atoms with Crippen LogP contribution in [0.4, 0.5) is 17.1 Å². The number of anilines is 3. The Morgan fingerprint density at radius 1 is 0.865 bits per heavy atom. The minimum Gasteiger partial charge on any atom is -0.462 e. The molecule has 2 N–H and O–H groups in total. The van der Waals surface area contributed by atoms with Crippen molar-refractivity contribution in [3.05, 3.63) is 101 Å². The zero-order chi connectivity index (χ0) is 26.5. The van der Waals surface area contributed by atoms with Gasteiger partial charge >= 0.3 is 5.97 Å². The number of nitrogens with one attached hydrogen (secondary N) is 2. The summed E-state index contributed by atoms with van der Waals surface area (Å²) < 4.78 is 5.17. The quantitative estimate of drug-likeness (QED) is 0.193. The average Bonchev–Trinajstić information content (AvgIpc) is 2.91. The van der Waals surface area contributed by atoms with E-state index in [4.69, 9.17) is 4.74 Å². The first kappa shape index (κ1) is 25.9. The van der Waals surface area contributed by atoms with Crippen LogP contribution in [0, 0.1) is 0 Å². The molecular formula is C31H32N2O4. The molecule has 0 radical (unpaired) electrons. The van der Waals surface area contributed by atoms with Crippen LogP contribution in [0.25, 0.3) is 0 Å². The molecule has 190 valence electrons. The van der Waals surface area contributed by atoms with Crippen LogP contribution < -0.4 is 10.6 Å². The van der Waals surface area contributed by atoms with Gasteiger partial charge in [-0.3, -0.25) is 9.59 Å². The van der Waals surface area contributed by atoms with E-state index in [0.717, 1.165) is 24.1 Å². The van der Waals surface area contributed by atoms with Crippen molar-refractivity contribution < 1.29 is 19.1 Å². The van der Waals surface area contributed by atoms with Gasteiger partial charge in [0.15, 0.2) is 11.6 Å². The number of esters is 1. The van der Waals surface area contributed by atoms with E-state index in [9.17, 15) is 14.4 Å². The predicted octanol–water partition coefficient (Wildman–Crippen LogP) is 6.47. The van der Waals surface area contributed by atoms with Crippen molar-refractivity contribution in [2.75, 3.05) is 17.2 Å². The van der Waals surface area contributed by atoms with Crippen LogP contribution in [-0.2, 0) is 16.0 Å². The molecule has 37 heavy (non-hydrogen) atoms. The number of benzene rings is 3. The number of hydrogen-bond acceptors (Lipinski definition) is 6. The molecule has 0 atom stereocenters. The highest BCUT2D eigenvalue weighted by Crippen LogP contribution is 2.38. The Morgan fingerprint density at radius 3 is 2.00 bits per heavy atom. The second-order valence-electron chi connectivity index (χ2n) is 9.26. The molecule has 6 nitrogen and oxygen atoms in total. The number of fused-ring (bicyclic) bond motifs is 2. The topological polar surface area (TPSA) is 84.5 Å². The first-order valence-corrected chi connectivity index (χ1v) is 12.6. The molecule has 0 unspecified atom stereocenters. The molecule has 0 saturated carbocycles. The van der Waals surface area contributed by atoms with Gasteiger partial charge in [0.25, 0.3) is 0 Å². The Bertz CT molecular complexity index is 1350. The van der Waals surface area contributed by atoms with Crippen LogP contribution in [0.15, 0.2) is 72.8 Å². The van der Waals surface area contributed by atoms with Gasteiger partial charge in [0, 0.05) is 40.5 Å². The van der Waals surface area contributed by atoms with Crippen molar-refractivity contribution in [2.45, 2.75) is 46.1 Å². The van der Waals surface area contributed by atoms with Crippen LogP contribution >= 0.6 is 0 Å². The van der Waals surface area contributed by atoms with Crippen molar-refractivity contribution in [2.24, 2.45) is 0 Å². The SMILES string of the molecule is C=C(C)C(=O)OCCc1ccc(Nc2ccc(NC(CC)CC)c3c2C(=O)c2ccccc2C3=O)cc1. The maximum absolute atomic E-state index is 13.6. The number of ether oxygens (including phenoxy) is 1. The lowest BCUT2D eigenvalue weighted by Gasteiger charge is -2.26. The number of carbonyl (C=O) groups is 3. The highest BCUT2D eigenvalue weighted by Gasteiger charge is 2.34. The molecule has 0 saturated heterocycles. The lowest BCUT2D eigenvalue weighted by Crippen LogP contribution is -2.26. The van der Waals surface area contributed by atoms with Crippen molar-refractivity contribution in [1.82, 2.24) is 0 Å². The molecule has 1 aliphatic rings. The Kier molecular flexibility index (Phi) is 7.87. The molecule has 0 amide bonds. The van der Waals surface area contributed by atoms with Gasteiger partial charge in [-0.15, -0.1) is 0 Å². The summed E-state index contributed by atoms with van der Waals surface area (Å²) in [4.78, 5) is 38.8. The summed E-state index contributed by atoms with van der Waals surface area (Å²) in [6.07, 6.45) is 2.39. The fourth-order valence-corrected chi connectivity index (χ4v) is 4.46. The summed E-state index contributed by atoms with van der Waals surface area (Å²) in [6, 6.07) is 18.6. The normalized spacial score (nSPS) is 12.1. The summed E-state index contributed by atoms with van der Waals surface area (Å²) in [6.45, 7) is 9.66. The third kappa shape index (κ3) is 5.48. The van der Waals surface area contributed by atoms with E-state index in [-0.39, 0.29) is 24.2 Å². The Hall–Kier alpha value is -4.19. The lowest BCUT2D eigenvalue weighted by molar-refractivity contribution is -0.138. The van der Waals surface area contributed by atoms with Gasteiger partial charge in [-0.2, -0.15) is 0 Å². The van der Waals surface area contributed by atoms with E-state index in [1.54, 1.807) is 31.2 Å². The largest absolute Gasteiger partial charge is 0.462 e. The summed E-state index contributed by atoms with van der Waals surface area (Å²) >= 11 is 0. The highest BCUT2D eigenvalue weighted by atomic mass is 16.5. The molecule has 0 spiro atoms. The molecular weight excluding hydrogens is 464 g/mol. The zero-order valence-electron chi connectivity index (χ0n) is 21.5. The van der Waals surface area contributed by atoms with E-state index in [2.05, 4.69) is 31.1 Å². The van der Waals surface area contributed by atoms with E-state index in [1.165, 1.54) is 0 Å². The summed E-state index contributed by atoms with van der Waals surface area (Å²) in [5.74, 6) is -0.718. The molecule has 6 heteroatoms. The molecule has 0 bridgehead atoms. The molecule has 0 aliphatic heterocycles. The van der Waals surface area contributed by atoms with Crippen LogP contribution in [0.2, 0.25) is 0 Å². The first-order valence-electron chi connectivity index (χ1n) is 12.6. The molecule has 0 aromatic heterocycles. The average molecular weight is 497 g/mol. The second-order valence-corrected chi connectivity index (χ2v) is 9.26. The van der Waals surface area contributed by atoms with Crippen molar-refractivity contribution in [3.63, 3.8) is 0 Å². The first-order chi connectivity index (χ1) is 17.8. The Balaban J connectivity index is 1.63. The van der Waals surface area contributed by atoms with Gasteiger partial charge in [-0.05, 0) is 49.6 Å². The van der Waals surface area contributed by atoms with E-state index in [0.29, 0.717) is 45.6 Å². The fraction of sp³-hybridized carbons (Fsp3) is 0.258. The van der Waals surface area contributed by atoms with Crippen molar-refractivity contribution in [3.8, 4) is 0 Å². The highest BCUT2D eigenvalue weighted by molar-refractivity contribution is 6.32. The summed E-state index contributed by atoms with van der Waals surface area (Å²) in [5.41, 5.74) is 5.08. The predicted molar refractivity (Wildman–Crippen MR) is 147 cm³/mol. The van der Waals surface area contributed by atoms with Gasteiger partial charge in [0.2, 0.25) is 0 Å². The zero-order valence-corrected chi connectivity index (χ0v) is 21.5. The van der Waals surface area contributed by atoms with Gasteiger partial charge in [-0.1, -0.05) is 56.8 Å². The van der Waals surface area contributed by atoms with Crippen LogP contribution in [0.1, 0.15) is 71.0 Å². The maximum Gasteiger partial charge on any atom is 0.333 e. The fourth-order valence-electron chi connectivity index (χ4n) is 4.46.